The molecule has 0 bridgehead atoms. The van der Waals surface area contributed by atoms with Crippen LogP contribution in [0, 0.1) is 0 Å². The second-order valence-corrected chi connectivity index (χ2v) is 20.3. The second-order valence-electron chi connectivity index (χ2n) is 12.4. The Labute approximate surface area is 291 Å². The van der Waals surface area contributed by atoms with E-state index in [0.717, 1.165) is 6.16 Å². The zero-order chi connectivity index (χ0) is 33.8. The summed E-state index contributed by atoms with van der Waals surface area (Å²) in [6.07, 6.45) is 1.51. The summed E-state index contributed by atoms with van der Waals surface area (Å²) in [4.78, 5) is 27.2. The molecule has 0 aliphatic rings. The van der Waals surface area contributed by atoms with Gasteiger partial charge in [0, 0.05) is 0 Å². The first-order chi connectivity index (χ1) is 24.1. The summed E-state index contributed by atoms with van der Waals surface area (Å²) in [5.41, 5.74) is 0. The molecule has 6 heteroatoms. The summed E-state index contributed by atoms with van der Waals surface area (Å²) in [5, 5.41) is 13.7. The Morgan fingerprint density at radius 2 is 0.633 bits per heavy atom. The van der Waals surface area contributed by atoms with Gasteiger partial charge in [-0.2, -0.15) is 0 Å². The number of hydrogen-bond donors (Lipinski definition) is 2. The minimum absolute atomic E-state index is 0.00417. The van der Waals surface area contributed by atoms with Crippen molar-refractivity contribution in [2.24, 2.45) is 0 Å². The molecule has 0 radical (unpaired) electrons. The SMILES string of the molecule is O=C(CC[PH](c1ccccc1)(c1ccccc1)c1ccccc1)NCCNC(=O)C[PH](c1ccccc1)(c1ccccc1)c1ccccc1. The molecule has 248 valence electrons. The van der Waals surface area contributed by atoms with Crippen LogP contribution in [0.2, 0.25) is 0 Å². The predicted octanol–water partition coefficient (Wildman–Crippen LogP) is 5.06. The van der Waals surface area contributed by atoms with Gasteiger partial charge in [-0.1, -0.05) is 0 Å². The van der Waals surface area contributed by atoms with E-state index in [0.29, 0.717) is 25.7 Å². The molecule has 0 fully saturated rings. The third-order valence-electron chi connectivity index (χ3n) is 9.52. The van der Waals surface area contributed by atoms with Gasteiger partial charge in [-0.3, -0.25) is 0 Å². The Balaban J connectivity index is 1.15. The molecule has 0 saturated carbocycles. The minimum atomic E-state index is -2.69. The maximum atomic E-state index is 13.8. The molecule has 0 aliphatic carbocycles. The summed E-state index contributed by atoms with van der Waals surface area (Å²) in [6, 6.07) is 63.3. The van der Waals surface area contributed by atoms with Crippen molar-refractivity contribution in [2.75, 3.05) is 25.4 Å². The Morgan fingerprint density at radius 3 is 0.939 bits per heavy atom. The summed E-state index contributed by atoms with van der Waals surface area (Å²) < 4.78 is 0. The fourth-order valence-electron chi connectivity index (χ4n) is 7.17. The van der Waals surface area contributed by atoms with E-state index in [1.54, 1.807) is 0 Å². The molecule has 0 unspecified atom stereocenters. The Morgan fingerprint density at radius 1 is 0.367 bits per heavy atom. The molecule has 6 rings (SSSR count). The van der Waals surface area contributed by atoms with E-state index in [4.69, 9.17) is 0 Å². The number of rotatable bonds is 14. The normalized spacial score (nSPS) is 12.1. The van der Waals surface area contributed by atoms with Gasteiger partial charge in [0.05, 0.1) is 0 Å². The van der Waals surface area contributed by atoms with E-state index in [1.807, 2.05) is 36.4 Å². The Bertz CT molecular complexity index is 1720. The van der Waals surface area contributed by atoms with Crippen LogP contribution in [0.3, 0.4) is 0 Å². The van der Waals surface area contributed by atoms with Crippen LogP contribution in [0.1, 0.15) is 6.42 Å². The van der Waals surface area contributed by atoms with Gasteiger partial charge in [0.1, 0.15) is 0 Å². The molecular formula is C43H44N2O2P2. The molecule has 2 amide bonds. The van der Waals surface area contributed by atoms with E-state index in [9.17, 15) is 9.59 Å². The molecule has 4 nitrogen and oxygen atoms in total. The van der Waals surface area contributed by atoms with Crippen LogP contribution in [-0.2, 0) is 9.59 Å². The van der Waals surface area contributed by atoms with E-state index in [2.05, 4.69) is 156 Å². The van der Waals surface area contributed by atoms with Crippen LogP contribution < -0.4 is 42.5 Å². The van der Waals surface area contributed by atoms with E-state index >= 15 is 0 Å². The van der Waals surface area contributed by atoms with Gasteiger partial charge in [-0.15, -0.1) is 0 Å². The number of amides is 2. The van der Waals surface area contributed by atoms with Crippen LogP contribution in [0.5, 0.6) is 0 Å². The monoisotopic (exact) mass is 682 g/mol. The second kappa shape index (κ2) is 16.5. The van der Waals surface area contributed by atoms with Crippen molar-refractivity contribution in [3.8, 4) is 0 Å². The number of hydrogen-bond acceptors (Lipinski definition) is 2. The number of carbonyl (C=O) groups is 2. The molecule has 0 aromatic heterocycles. The summed E-state index contributed by atoms with van der Waals surface area (Å²) >= 11 is 0. The van der Waals surface area contributed by atoms with Gasteiger partial charge in [-0.05, 0) is 0 Å². The summed E-state index contributed by atoms with van der Waals surface area (Å²) in [5.74, 6) is -0.0170. The summed E-state index contributed by atoms with van der Waals surface area (Å²) in [6.45, 7) is 0.740. The molecule has 0 saturated heterocycles. The molecule has 6 aromatic rings. The van der Waals surface area contributed by atoms with Gasteiger partial charge in [-0.25, -0.2) is 0 Å². The number of benzene rings is 6. The van der Waals surface area contributed by atoms with Crippen LogP contribution in [-0.4, -0.2) is 37.2 Å². The van der Waals surface area contributed by atoms with Crippen LogP contribution in [0.25, 0.3) is 0 Å². The molecular weight excluding hydrogens is 638 g/mol. The van der Waals surface area contributed by atoms with E-state index in [1.165, 1.54) is 31.8 Å². The summed E-state index contributed by atoms with van der Waals surface area (Å²) in [7, 11) is -5.20. The van der Waals surface area contributed by atoms with Crippen molar-refractivity contribution in [2.45, 2.75) is 6.42 Å². The predicted molar refractivity (Wildman–Crippen MR) is 213 cm³/mol. The van der Waals surface area contributed by atoms with Crippen molar-refractivity contribution >= 4 is 58.2 Å². The van der Waals surface area contributed by atoms with E-state index in [-0.39, 0.29) is 11.8 Å². The maximum absolute atomic E-state index is 13.8. The topological polar surface area (TPSA) is 58.2 Å². The first-order valence-corrected chi connectivity index (χ1v) is 21.4. The van der Waals surface area contributed by atoms with Crippen molar-refractivity contribution in [3.63, 3.8) is 0 Å². The zero-order valence-electron chi connectivity index (χ0n) is 27.7. The molecule has 0 spiro atoms. The number of carbonyl (C=O) groups excluding carboxylic acids is 2. The molecule has 0 aliphatic heterocycles. The molecule has 0 heterocycles. The zero-order valence-corrected chi connectivity index (χ0v) is 29.7. The van der Waals surface area contributed by atoms with Crippen LogP contribution >= 0.6 is 14.5 Å². The fourth-order valence-corrected chi connectivity index (χ4v) is 16.4. The Hall–Kier alpha value is -4.88. The van der Waals surface area contributed by atoms with Crippen molar-refractivity contribution in [3.05, 3.63) is 182 Å². The van der Waals surface area contributed by atoms with Gasteiger partial charge in [0.25, 0.3) is 0 Å². The average molecular weight is 683 g/mol. The van der Waals surface area contributed by atoms with Crippen molar-refractivity contribution in [1.82, 2.24) is 10.6 Å². The van der Waals surface area contributed by atoms with E-state index < -0.39 is 14.5 Å². The van der Waals surface area contributed by atoms with Crippen LogP contribution in [0.4, 0.5) is 0 Å². The first-order valence-electron chi connectivity index (χ1n) is 17.0. The number of nitrogens with one attached hydrogen (secondary N) is 2. The fraction of sp³-hybridized carbons (Fsp3) is 0.116. The van der Waals surface area contributed by atoms with Gasteiger partial charge in [0.2, 0.25) is 0 Å². The third-order valence-corrected chi connectivity index (χ3v) is 19.3. The van der Waals surface area contributed by atoms with Crippen molar-refractivity contribution < 1.29 is 9.59 Å². The average Bonchev–Trinajstić information content (AvgIpc) is 3.18. The molecule has 0 atom stereocenters. The quantitative estimate of drug-likeness (QED) is 0.125. The Kier molecular flexibility index (Phi) is 11.4. The van der Waals surface area contributed by atoms with Gasteiger partial charge < -0.3 is 0 Å². The molecule has 6 aromatic carbocycles. The first kappa shape index (κ1) is 34.0. The van der Waals surface area contributed by atoms with Gasteiger partial charge in [0.15, 0.2) is 0 Å². The van der Waals surface area contributed by atoms with Crippen LogP contribution in [0.15, 0.2) is 182 Å². The van der Waals surface area contributed by atoms with Gasteiger partial charge >= 0.3 is 292 Å². The molecule has 49 heavy (non-hydrogen) atoms. The standard InChI is InChI=1S/C43H44N2O2P2/c46-42(31-34-48(36-19-7-1-8-20-36,37-21-9-2-10-22-37)38-23-11-3-12-24-38)44-32-33-45-43(47)35-49(39-25-13-4-14-26-39,40-27-15-5-16-28-40)41-29-17-6-18-30-41/h1-30,48-49H,31-35H2,(H,44,46)(H,45,47). The van der Waals surface area contributed by atoms with Crippen molar-refractivity contribution in [1.29, 1.82) is 0 Å². The third kappa shape index (κ3) is 7.73. The molecule has 2 N–H and O–H groups in total.